The van der Waals surface area contributed by atoms with Crippen LogP contribution in [0.5, 0.6) is 11.5 Å². The van der Waals surface area contributed by atoms with Crippen molar-refractivity contribution < 1.29 is 33.4 Å². The zero-order valence-electron chi connectivity index (χ0n) is 20.5. The lowest BCUT2D eigenvalue weighted by Gasteiger charge is -2.27. The van der Waals surface area contributed by atoms with Gasteiger partial charge in [-0.25, -0.2) is 0 Å². The number of ketones is 1. The molecule has 3 unspecified atom stereocenters. The summed E-state index contributed by atoms with van der Waals surface area (Å²) in [5.41, 5.74) is 2.07. The van der Waals surface area contributed by atoms with E-state index in [9.17, 15) is 19.2 Å². The molecule has 2 fully saturated rings. The molecular weight excluding hydrogens is 464 g/mol. The van der Waals surface area contributed by atoms with Crippen LogP contribution in [-0.4, -0.2) is 58.9 Å². The van der Waals surface area contributed by atoms with Crippen LogP contribution in [0.2, 0.25) is 0 Å². The van der Waals surface area contributed by atoms with Crippen LogP contribution in [0.4, 0.5) is 0 Å². The number of carbonyl (C=O) groups is 4. The van der Waals surface area contributed by atoms with E-state index in [0.717, 1.165) is 29.1 Å². The van der Waals surface area contributed by atoms with E-state index >= 15 is 0 Å². The zero-order chi connectivity index (χ0) is 25.4. The first-order valence-electron chi connectivity index (χ1n) is 12.4. The molecule has 3 atom stereocenters. The first-order valence-corrected chi connectivity index (χ1v) is 12.4. The van der Waals surface area contributed by atoms with E-state index in [4.69, 9.17) is 14.2 Å². The molecular formula is C27H30N2O7. The van der Waals surface area contributed by atoms with Gasteiger partial charge in [0.1, 0.15) is 13.2 Å². The number of imide groups is 1. The number of amides is 2. The summed E-state index contributed by atoms with van der Waals surface area (Å²) < 4.78 is 19.0. The summed E-state index contributed by atoms with van der Waals surface area (Å²) in [5.74, 6) is -0.944. The number of para-hydroxylation sites is 2. The Bertz CT molecular complexity index is 1190. The van der Waals surface area contributed by atoms with Gasteiger partial charge < -0.3 is 18.8 Å². The minimum atomic E-state index is -0.760. The molecule has 3 aliphatic rings. The lowest BCUT2D eigenvalue weighted by molar-refractivity contribution is -0.152. The molecule has 1 aliphatic carbocycles. The molecule has 36 heavy (non-hydrogen) atoms. The third kappa shape index (κ3) is 4.50. The Kier molecular flexibility index (Phi) is 6.55. The second kappa shape index (κ2) is 9.79. The molecule has 3 heterocycles. The number of hydrogen-bond acceptors (Lipinski definition) is 7. The number of carbonyl (C=O) groups excluding carboxylic acids is 4. The predicted molar refractivity (Wildman–Crippen MR) is 128 cm³/mol. The Morgan fingerprint density at radius 1 is 1.03 bits per heavy atom. The summed E-state index contributed by atoms with van der Waals surface area (Å²) in [5, 5.41) is 0. The van der Waals surface area contributed by atoms with E-state index in [1.165, 1.54) is 0 Å². The van der Waals surface area contributed by atoms with Crippen LogP contribution < -0.4 is 9.47 Å². The number of hydrogen-bond donors (Lipinski definition) is 0. The molecule has 0 N–H and O–H groups in total. The molecule has 1 aromatic heterocycles. The highest BCUT2D eigenvalue weighted by molar-refractivity contribution is 6.07. The van der Waals surface area contributed by atoms with Crippen molar-refractivity contribution in [2.24, 2.45) is 11.8 Å². The van der Waals surface area contributed by atoms with Crippen molar-refractivity contribution in [3.05, 3.63) is 47.3 Å². The molecule has 0 bridgehead atoms. The highest BCUT2D eigenvalue weighted by Gasteiger charge is 2.48. The zero-order valence-corrected chi connectivity index (χ0v) is 20.5. The van der Waals surface area contributed by atoms with E-state index in [2.05, 4.69) is 0 Å². The topological polar surface area (TPSA) is 104 Å². The van der Waals surface area contributed by atoms with Crippen molar-refractivity contribution in [1.82, 2.24) is 9.47 Å². The Morgan fingerprint density at radius 2 is 1.69 bits per heavy atom. The number of aromatic nitrogens is 1. The van der Waals surface area contributed by atoms with Gasteiger partial charge in [-0.05, 0) is 44.9 Å². The molecule has 5 rings (SSSR count). The van der Waals surface area contributed by atoms with E-state index in [-0.39, 0.29) is 35.5 Å². The second-order valence-electron chi connectivity index (χ2n) is 9.74. The molecule has 9 nitrogen and oxygen atoms in total. The van der Waals surface area contributed by atoms with Crippen LogP contribution in [0.1, 0.15) is 47.4 Å². The third-order valence-electron chi connectivity index (χ3n) is 7.41. The van der Waals surface area contributed by atoms with Crippen LogP contribution in [-0.2, 0) is 25.7 Å². The Morgan fingerprint density at radius 3 is 2.39 bits per heavy atom. The maximum absolute atomic E-state index is 12.9. The van der Waals surface area contributed by atoms with Crippen LogP contribution >= 0.6 is 0 Å². The monoisotopic (exact) mass is 494 g/mol. The van der Waals surface area contributed by atoms with E-state index in [0.29, 0.717) is 43.1 Å². The molecule has 9 heteroatoms. The number of aryl methyl sites for hydroxylation is 1. The highest BCUT2D eigenvalue weighted by atomic mass is 16.6. The summed E-state index contributed by atoms with van der Waals surface area (Å²) in [7, 11) is 0. The number of ether oxygens (including phenoxy) is 3. The van der Waals surface area contributed by atoms with Crippen LogP contribution in [0.25, 0.3) is 0 Å². The molecule has 0 radical (unpaired) electrons. The maximum atomic E-state index is 12.9. The summed E-state index contributed by atoms with van der Waals surface area (Å²) in [6, 6.07) is 9.26. The fourth-order valence-electron chi connectivity index (χ4n) is 5.51. The van der Waals surface area contributed by atoms with Gasteiger partial charge in [0.15, 0.2) is 24.2 Å². The van der Waals surface area contributed by atoms with Gasteiger partial charge in [-0.1, -0.05) is 25.0 Å². The second-order valence-corrected chi connectivity index (χ2v) is 9.74. The normalized spacial score (nSPS) is 22.9. The lowest BCUT2D eigenvalue weighted by atomic mass is 9.81. The molecule has 2 aliphatic heterocycles. The van der Waals surface area contributed by atoms with Crippen LogP contribution in [0.3, 0.4) is 0 Å². The Labute approximate surface area is 209 Å². The first-order chi connectivity index (χ1) is 17.3. The van der Waals surface area contributed by atoms with Crippen molar-refractivity contribution in [2.75, 3.05) is 19.8 Å². The van der Waals surface area contributed by atoms with Crippen molar-refractivity contribution >= 4 is 23.6 Å². The highest BCUT2D eigenvalue weighted by Crippen LogP contribution is 2.38. The van der Waals surface area contributed by atoms with Gasteiger partial charge in [0.2, 0.25) is 17.6 Å². The number of rotatable bonds is 7. The van der Waals surface area contributed by atoms with E-state index < -0.39 is 19.1 Å². The van der Waals surface area contributed by atoms with Gasteiger partial charge in [-0.3, -0.25) is 24.1 Å². The number of esters is 1. The maximum Gasteiger partial charge on any atom is 0.326 e. The predicted octanol–water partition coefficient (Wildman–Crippen LogP) is 2.85. The Hall–Kier alpha value is -3.62. The van der Waals surface area contributed by atoms with Gasteiger partial charge in [0.25, 0.3) is 0 Å². The van der Waals surface area contributed by atoms with Gasteiger partial charge >= 0.3 is 5.97 Å². The summed E-state index contributed by atoms with van der Waals surface area (Å²) in [6.45, 7) is 3.73. The molecule has 1 aromatic carbocycles. The number of likely N-dealkylation sites (tertiary alicyclic amines) is 1. The average molecular weight is 495 g/mol. The van der Waals surface area contributed by atoms with Crippen molar-refractivity contribution in [3.8, 4) is 11.5 Å². The molecule has 1 saturated heterocycles. The first kappa shape index (κ1) is 24.1. The summed E-state index contributed by atoms with van der Waals surface area (Å²) in [4.78, 5) is 51.4. The largest absolute Gasteiger partial charge is 0.486 e. The molecule has 2 aromatic rings. The standard InChI is InChI=1S/C27H30N2O7/c1-16-11-21(17(2)28(16)12-18-14-34-23-9-5-6-10-24(23)36-18)22(30)15-35-25(31)13-29-26(32)19-7-3-4-8-20(19)27(29)33/h5-6,9-11,18-20H,3-4,7-8,12-15H2,1-2H3. The molecule has 190 valence electrons. The fourth-order valence-corrected chi connectivity index (χ4v) is 5.51. The van der Waals surface area contributed by atoms with Gasteiger partial charge in [0.05, 0.1) is 18.4 Å². The summed E-state index contributed by atoms with van der Waals surface area (Å²) in [6.07, 6.45) is 2.97. The number of nitrogens with zero attached hydrogens (tertiary/aromatic N) is 2. The summed E-state index contributed by atoms with van der Waals surface area (Å²) >= 11 is 0. The Balaban J connectivity index is 1.17. The molecule has 2 amide bonds. The van der Waals surface area contributed by atoms with Crippen molar-refractivity contribution in [3.63, 3.8) is 0 Å². The number of fused-ring (bicyclic) bond motifs is 2. The van der Waals surface area contributed by atoms with Crippen molar-refractivity contribution in [2.45, 2.75) is 52.2 Å². The minimum Gasteiger partial charge on any atom is -0.486 e. The van der Waals surface area contributed by atoms with E-state index in [1.54, 1.807) is 6.07 Å². The molecule has 1 saturated carbocycles. The number of Topliss-reactive ketones (excluding diaryl/α,β-unsaturated/α-hetero) is 1. The van der Waals surface area contributed by atoms with Gasteiger partial charge in [-0.15, -0.1) is 0 Å². The lowest BCUT2D eigenvalue weighted by Crippen LogP contribution is -2.37. The molecule has 0 spiro atoms. The number of benzene rings is 1. The van der Waals surface area contributed by atoms with E-state index in [1.807, 2.05) is 42.7 Å². The van der Waals surface area contributed by atoms with Crippen LogP contribution in [0.15, 0.2) is 30.3 Å². The van der Waals surface area contributed by atoms with Gasteiger partial charge in [-0.2, -0.15) is 0 Å². The SMILES string of the molecule is Cc1cc(C(=O)COC(=O)CN2C(=O)C3CCCCC3C2=O)c(C)n1CC1COc2ccccc2O1. The van der Waals surface area contributed by atoms with Crippen molar-refractivity contribution in [1.29, 1.82) is 0 Å². The average Bonchev–Trinajstić information content (AvgIpc) is 3.30. The third-order valence-corrected chi connectivity index (χ3v) is 7.41. The quantitative estimate of drug-likeness (QED) is 0.331. The smallest absolute Gasteiger partial charge is 0.326 e. The van der Waals surface area contributed by atoms with Crippen LogP contribution in [0, 0.1) is 25.7 Å². The fraction of sp³-hybridized carbons (Fsp3) is 0.481. The van der Waals surface area contributed by atoms with Gasteiger partial charge in [0, 0.05) is 17.0 Å². The minimum absolute atomic E-state index is 0.218.